The smallest absolute Gasteiger partial charge is 0.158 e. The van der Waals surface area contributed by atoms with Crippen LogP contribution in [0.3, 0.4) is 0 Å². The first kappa shape index (κ1) is 13.5. The zero-order valence-corrected chi connectivity index (χ0v) is 11.5. The summed E-state index contributed by atoms with van der Waals surface area (Å²) in [6, 6.07) is 2.15. The van der Waals surface area contributed by atoms with Crippen molar-refractivity contribution in [3.8, 4) is 0 Å². The van der Waals surface area contributed by atoms with Crippen molar-refractivity contribution >= 4 is 17.4 Å². The maximum absolute atomic E-state index is 6.03. The minimum atomic E-state index is 0.347. The lowest BCUT2D eigenvalue weighted by Gasteiger charge is -2.36. The second-order valence-corrected chi connectivity index (χ2v) is 4.62. The summed E-state index contributed by atoms with van der Waals surface area (Å²) in [7, 11) is 1.62. The molecule has 1 aromatic rings. The van der Waals surface area contributed by atoms with E-state index >= 15 is 0 Å². The second-order valence-electron chi connectivity index (χ2n) is 4.23. The molecule has 1 aliphatic heterocycles. The van der Waals surface area contributed by atoms with Crippen LogP contribution >= 0.6 is 11.6 Å². The molecule has 0 N–H and O–H groups in total. The molecule has 0 spiro atoms. The summed E-state index contributed by atoms with van der Waals surface area (Å²) in [5.41, 5.74) is 0. The van der Waals surface area contributed by atoms with Crippen LogP contribution in [0.2, 0.25) is 5.15 Å². The maximum atomic E-state index is 6.03. The molecule has 100 valence electrons. The molecule has 0 amide bonds. The van der Waals surface area contributed by atoms with E-state index in [4.69, 9.17) is 21.1 Å². The number of methoxy groups -OCH3 is 1. The van der Waals surface area contributed by atoms with Crippen molar-refractivity contribution in [2.75, 3.05) is 31.8 Å². The van der Waals surface area contributed by atoms with Crippen LogP contribution < -0.4 is 4.90 Å². The number of aromatic nitrogens is 2. The Morgan fingerprint density at radius 1 is 1.56 bits per heavy atom. The Kier molecular flexibility index (Phi) is 4.74. The Balaban J connectivity index is 2.24. The van der Waals surface area contributed by atoms with Gasteiger partial charge in [-0.3, -0.25) is 0 Å². The minimum Gasteiger partial charge on any atom is -0.377 e. The van der Waals surface area contributed by atoms with Crippen LogP contribution in [-0.2, 0) is 16.1 Å². The Labute approximate surface area is 112 Å². The highest BCUT2D eigenvalue weighted by atomic mass is 35.5. The lowest BCUT2D eigenvalue weighted by atomic mass is 10.2. The van der Waals surface area contributed by atoms with E-state index in [9.17, 15) is 0 Å². The number of hydrogen-bond acceptors (Lipinski definition) is 5. The molecule has 0 aromatic carbocycles. The van der Waals surface area contributed by atoms with Crippen LogP contribution in [-0.4, -0.2) is 42.9 Å². The summed E-state index contributed by atoms with van der Waals surface area (Å²) < 4.78 is 10.5. The average Bonchev–Trinajstić information content (AvgIpc) is 2.38. The normalized spacial score (nSPS) is 20.2. The third-order valence-electron chi connectivity index (χ3n) is 2.99. The fraction of sp³-hybridized carbons (Fsp3) is 0.667. The largest absolute Gasteiger partial charge is 0.377 e. The fourth-order valence-corrected chi connectivity index (χ4v) is 2.28. The van der Waals surface area contributed by atoms with Crippen molar-refractivity contribution in [3.63, 3.8) is 0 Å². The topological polar surface area (TPSA) is 47.5 Å². The molecule has 1 atom stereocenters. The number of anilines is 1. The SMILES string of the molecule is CCC1COCCN1c1cc(Cl)nc(COC)n1. The van der Waals surface area contributed by atoms with Gasteiger partial charge >= 0.3 is 0 Å². The van der Waals surface area contributed by atoms with Crippen LogP contribution in [0.25, 0.3) is 0 Å². The van der Waals surface area contributed by atoms with E-state index in [0.29, 0.717) is 23.6 Å². The summed E-state index contributed by atoms with van der Waals surface area (Å²) in [5, 5.41) is 0.452. The van der Waals surface area contributed by atoms with Crippen molar-refractivity contribution in [2.45, 2.75) is 26.0 Å². The second kappa shape index (κ2) is 6.31. The molecule has 2 rings (SSSR count). The molecule has 0 aliphatic carbocycles. The van der Waals surface area contributed by atoms with Gasteiger partial charge in [-0.05, 0) is 6.42 Å². The Morgan fingerprint density at radius 3 is 3.11 bits per heavy atom. The Morgan fingerprint density at radius 2 is 2.39 bits per heavy atom. The number of rotatable bonds is 4. The van der Waals surface area contributed by atoms with Crippen LogP contribution in [0, 0.1) is 0 Å². The lowest BCUT2D eigenvalue weighted by Crippen LogP contribution is -2.45. The van der Waals surface area contributed by atoms with Crippen LogP contribution in [0.15, 0.2) is 6.07 Å². The summed E-state index contributed by atoms with van der Waals surface area (Å²) in [6.45, 7) is 4.80. The van der Waals surface area contributed by atoms with Crippen LogP contribution in [0.5, 0.6) is 0 Å². The highest BCUT2D eigenvalue weighted by Crippen LogP contribution is 2.22. The zero-order chi connectivity index (χ0) is 13.0. The van der Waals surface area contributed by atoms with E-state index in [-0.39, 0.29) is 0 Å². The lowest BCUT2D eigenvalue weighted by molar-refractivity contribution is 0.0924. The molecule has 1 fully saturated rings. The van der Waals surface area contributed by atoms with Gasteiger partial charge < -0.3 is 14.4 Å². The fourth-order valence-electron chi connectivity index (χ4n) is 2.09. The molecule has 0 bridgehead atoms. The summed E-state index contributed by atoms with van der Waals surface area (Å²) >= 11 is 6.03. The Bertz CT molecular complexity index is 403. The van der Waals surface area contributed by atoms with Gasteiger partial charge in [0.2, 0.25) is 0 Å². The monoisotopic (exact) mass is 271 g/mol. The van der Waals surface area contributed by atoms with Gasteiger partial charge in [-0.2, -0.15) is 0 Å². The third kappa shape index (κ3) is 3.10. The van der Waals surface area contributed by atoms with Crippen molar-refractivity contribution in [3.05, 3.63) is 17.0 Å². The first-order chi connectivity index (χ1) is 8.74. The standard InChI is InChI=1S/C12H18ClN3O2/c1-3-9-7-18-5-4-16(9)12-6-10(13)14-11(15-12)8-17-2/h6,9H,3-5,7-8H2,1-2H3. The average molecular weight is 272 g/mol. The van der Waals surface area contributed by atoms with Gasteiger partial charge in [-0.15, -0.1) is 0 Å². The zero-order valence-electron chi connectivity index (χ0n) is 10.7. The predicted molar refractivity (Wildman–Crippen MR) is 70.0 cm³/mol. The highest BCUT2D eigenvalue weighted by Gasteiger charge is 2.23. The van der Waals surface area contributed by atoms with E-state index in [1.807, 2.05) is 0 Å². The summed E-state index contributed by atoms with van der Waals surface area (Å²) in [4.78, 5) is 10.9. The van der Waals surface area contributed by atoms with Crippen LogP contribution in [0.1, 0.15) is 19.2 Å². The van der Waals surface area contributed by atoms with E-state index < -0.39 is 0 Å². The molecule has 0 radical (unpaired) electrons. The molecular weight excluding hydrogens is 254 g/mol. The molecule has 2 heterocycles. The third-order valence-corrected chi connectivity index (χ3v) is 3.19. The van der Waals surface area contributed by atoms with Gasteiger partial charge in [0.1, 0.15) is 17.6 Å². The van der Waals surface area contributed by atoms with E-state index in [1.54, 1.807) is 13.2 Å². The van der Waals surface area contributed by atoms with Gasteiger partial charge in [0.25, 0.3) is 0 Å². The predicted octanol–water partition coefficient (Wildman–Crippen LogP) is 1.89. The summed E-state index contributed by atoms with van der Waals surface area (Å²) in [5.74, 6) is 1.47. The maximum Gasteiger partial charge on any atom is 0.158 e. The van der Waals surface area contributed by atoms with Crippen LogP contribution in [0.4, 0.5) is 5.82 Å². The first-order valence-corrected chi connectivity index (χ1v) is 6.49. The molecule has 1 aromatic heterocycles. The molecule has 6 heteroatoms. The van der Waals surface area contributed by atoms with Gasteiger partial charge in [-0.25, -0.2) is 9.97 Å². The van der Waals surface area contributed by atoms with E-state index in [0.717, 1.165) is 32.0 Å². The molecule has 1 aliphatic rings. The van der Waals surface area contributed by atoms with Crippen molar-refractivity contribution in [1.82, 2.24) is 9.97 Å². The number of nitrogens with zero attached hydrogens (tertiary/aromatic N) is 3. The number of morpholine rings is 1. The molecule has 1 saturated heterocycles. The Hall–Kier alpha value is -0.910. The van der Waals surface area contributed by atoms with Gasteiger partial charge in [0.05, 0.1) is 19.3 Å². The number of halogens is 1. The molecule has 1 unspecified atom stereocenters. The number of hydrogen-bond donors (Lipinski definition) is 0. The molecule has 5 nitrogen and oxygen atoms in total. The molecule has 0 saturated carbocycles. The molecule has 18 heavy (non-hydrogen) atoms. The quantitative estimate of drug-likeness (QED) is 0.783. The molecular formula is C12H18ClN3O2. The van der Waals surface area contributed by atoms with Gasteiger partial charge in [-0.1, -0.05) is 18.5 Å². The van der Waals surface area contributed by atoms with Crippen molar-refractivity contribution in [2.24, 2.45) is 0 Å². The number of ether oxygens (including phenoxy) is 2. The van der Waals surface area contributed by atoms with Crippen molar-refractivity contribution in [1.29, 1.82) is 0 Å². The summed E-state index contributed by atoms with van der Waals surface area (Å²) in [6.07, 6.45) is 1.02. The van der Waals surface area contributed by atoms with Gasteiger partial charge in [0.15, 0.2) is 5.82 Å². The first-order valence-electron chi connectivity index (χ1n) is 6.11. The van der Waals surface area contributed by atoms with Gasteiger partial charge in [0, 0.05) is 19.7 Å². The minimum absolute atomic E-state index is 0.347. The highest BCUT2D eigenvalue weighted by molar-refractivity contribution is 6.29. The van der Waals surface area contributed by atoms with Crippen molar-refractivity contribution < 1.29 is 9.47 Å². The van der Waals surface area contributed by atoms with E-state index in [2.05, 4.69) is 21.8 Å². The van der Waals surface area contributed by atoms with E-state index in [1.165, 1.54) is 0 Å².